The first kappa shape index (κ1) is 15.3. The van der Waals surface area contributed by atoms with Crippen molar-refractivity contribution in [3.63, 3.8) is 0 Å². The predicted molar refractivity (Wildman–Crippen MR) is 84.0 cm³/mol. The fourth-order valence-electron chi connectivity index (χ4n) is 1.86. The third kappa shape index (κ3) is 4.18. The second-order valence-electron chi connectivity index (χ2n) is 4.54. The van der Waals surface area contributed by atoms with Crippen molar-refractivity contribution in [2.45, 2.75) is 19.9 Å². The van der Waals surface area contributed by atoms with Crippen LogP contribution in [-0.2, 0) is 13.0 Å². The third-order valence-electron chi connectivity index (χ3n) is 3.02. The normalized spacial score (nSPS) is 10.2. The van der Waals surface area contributed by atoms with Gasteiger partial charge in [0.1, 0.15) is 5.82 Å². The number of nitrogen functional groups attached to an aromatic ring is 1. The molecule has 2 rings (SSSR count). The Morgan fingerprint density at radius 3 is 2.62 bits per heavy atom. The number of carbonyl (C=O) groups is 1. The van der Waals surface area contributed by atoms with Crippen LogP contribution in [0.2, 0.25) is 5.02 Å². The molecule has 0 unspecified atom stereocenters. The monoisotopic (exact) mass is 304 g/mol. The molecule has 0 atom stereocenters. The Labute approximate surface area is 128 Å². The highest BCUT2D eigenvalue weighted by molar-refractivity contribution is 6.30. The number of carbonyl (C=O) groups excluding carboxylic acids is 1. The number of nitrogens with two attached hydrogens (primary N) is 1. The number of pyridine rings is 1. The van der Waals surface area contributed by atoms with Crippen LogP contribution in [0.25, 0.3) is 0 Å². The highest BCUT2D eigenvalue weighted by atomic mass is 35.5. The molecule has 0 aliphatic carbocycles. The average molecular weight is 305 g/mol. The van der Waals surface area contributed by atoms with Crippen LogP contribution in [0.1, 0.15) is 28.5 Å². The number of amides is 1. The number of nitrogens with zero attached hydrogens (tertiary/aromatic N) is 1. The van der Waals surface area contributed by atoms with Crippen LogP contribution in [0.3, 0.4) is 0 Å². The van der Waals surface area contributed by atoms with Crippen LogP contribution < -0.4 is 16.6 Å². The lowest BCUT2D eigenvalue weighted by Crippen LogP contribution is -2.23. The van der Waals surface area contributed by atoms with Gasteiger partial charge in [0.15, 0.2) is 0 Å². The molecule has 1 amide bonds. The summed E-state index contributed by atoms with van der Waals surface area (Å²) in [5, 5.41) is 3.53. The maximum absolute atomic E-state index is 12.2. The number of hydrogen-bond acceptors (Lipinski definition) is 4. The second-order valence-corrected chi connectivity index (χ2v) is 4.98. The Bertz CT molecular complexity index is 606. The van der Waals surface area contributed by atoms with E-state index in [0.29, 0.717) is 22.9 Å². The Hall–Kier alpha value is -2.11. The van der Waals surface area contributed by atoms with Gasteiger partial charge >= 0.3 is 0 Å². The second kappa shape index (κ2) is 7.06. The van der Waals surface area contributed by atoms with Gasteiger partial charge in [-0.25, -0.2) is 10.8 Å². The van der Waals surface area contributed by atoms with Gasteiger partial charge < -0.3 is 10.7 Å². The van der Waals surface area contributed by atoms with E-state index in [-0.39, 0.29) is 5.91 Å². The summed E-state index contributed by atoms with van der Waals surface area (Å²) in [5.41, 5.74) is 4.79. The fraction of sp³-hybridized carbons (Fsp3) is 0.200. The number of benzene rings is 1. The molecule has 0 radical (unpaired) electrons. The van der Waals surface area contributed by atoms with E-state index in [9.17, 15) is 4.79 Å². The van der Waals surface area contributed by atoms with E-state index in [1.165, 1.54) is 0 Å². The Morgan fingerprint density at radius 1 is 1.29 bits per heavy atom. The third-order valence-corrected chi connectivity index (χ3v) is 3.27. The zero-order chi connectivity index (χ0) is 15.2. The lowest BCUT2D eigenvalue weighted by molar-refractivity contribution is 0.0950. The molecule has 0 spiro atoms. The van der Waals surface area contributed by atoms with E-state index in [0.717, 1.165) is 17.7 Å². The van der Waals surface area contributed by atoms with Crippen molar-refractivity contribution in [3.8, 4) is 0 Å². The zero-order valence-corrected chi connectivity index (χ0v) is 12.4. The summed E-state index contributed by atoms with van der Waals surface area (Å²) < 4.78 is 0. The van der Waals surface area contributed by atoms with Crippen molar-refractivity contribution >= 4 is 23.3 Å². The van der Waals surface area contributed by atoms with Crippen molar-refractivity contribution in [1.29, 1.82) is 0 Å². The topological polar surface area (TPSA) is 80.0 Å². The van der Waals surface area contributed by atoms with Gasteiger partial charge in [0.2, 0.25) is 0 Å². The van der Waals surface area contributed by atoms with E-state index >= 15 is 0 Å². The van der Waals surface area contributed by atoms with Crippen LogP contribution in [-0.4, -0.2) is 10.9 Å². The number of hydrazine groups is 1. The number of aromatic nitrogens is 1. The minimum absolute atomic E-state index is 0.168. The number of hydrogen-bond donors (Lipinski definition) is 3. The molecule has 0 aliphatic rings. The molecule has 1 aromatic carbocycles. The van der Waals surface area contributed by atoms with Gasteiger partial charge in [0.25, 0.3) is 5.91 Å². The molecule has 110 valence electrons. The summed E-state index contributed by atoms with van der Waals surface area (Å²) in [4.78, 5) is 16.4. The van der Waals surface area contributed by atoms with Crippen molar-refractivity contribution in [2.24, 2.45) is 5.84 Å². The summed E-state index contributed by atoms with van der Waals surface area (Å²) >= 11 is 5.82. The van der Waals surface area contributed by atoms with E-state index < -0.39 is 0 Å². The maximum Gasteiger partial charge on any atom is 0.251 e. The van der Waals surface area contributed by atoms with Crippen LogP contribution in [0.4, 0.5) is 5.82 Å². The molecule has 4 N–H and O–H groups in total. The Morgan fingerprint density at radius 2 is 2.00 bits per heavy atom. The van der Waals surface area contributed by atoms with E-state index in [2.05, 4.69) is 15.7 Å². The van der Waals surface area contributed by atoms with E-state index in [4.69, 9.17) is 17.4 Å². The van der Waals surface area contributed by atoms with Crippen molar-refractivity contribution < 1.29 is 4.79 Å². The van der Waals surface area contributed by atoms with Gasteiger partial charge in [0.05, 0.1) is 0 Å². The van der Waals surface area contributed by atoms with Crippen molar-refractivity contribution in [3.05, 3.63) is 58.2 Å². The number of aryl methyl sites for hydroxylation is 1. The summed E-state index contributed by atoms with van der Waals surface area (Å²) in [6.45, 7) is 2.41. The first-order valence-electron chi connectivity index (χ1n) is 6.62. The summed E-state index contributed by atoms with van der Waals surface area (Å²) in [7, 11) is 0. The number of anilines is 1. The van der Waals surface area contributed by atoms with Gasteiger partial charge in [0, 0.05) is 22.8 Å². The van der Waals surface area contributed by atoms with Crippen molar-refractivity contribution in [1.82, 2.24) is 10.3 Å². The van der Waals surface area contributed by atoms with Crippen LogP contribution >= 0.6 is 11.6 Å². The van der Waals surface area contributed by atoms with Gasteiger partial charge in [-0.1, -0.05) is 30.7 Å². The van der Waals surface area contributed by atoms with Crippen LogP contribution in [0.15, 0.2) is 36.4 Å². The van der Waals surface area contributed by atoms with Gasteiger partial charge in [-0.3, -0.25) is 4.79 Å². The van der Waals surface area contributed by atoms with Crippen LogP contribution in [0, 0.1) is 0 Å². The molecular weight excluding hydrogens is 288 g/mol. The van der Waals surface area contributed by atoms with E-state index in [1.807, 2.05) is 19.1 Å². The summed E-state index contributed by atoms with van der Waals surface area (Å²) in [5.74, 6) is 5.67. The average Bonchev–Trinajstić information content (AvgIpc) is 2.53. The molecule has 2 aromatic rings. The molecule has 0 fully saturated rings. The number of halogens is 1. The lowest BCUT2D eigenvalue weighted by Gasteiger charge is -2.09. The zero-order valence-electron chi connectivity index (χ0n) is 11.7. The molecule has 1 heterocycles. The van der Waals surface area contributed by atoms with Gasteiger partial charge in [-0.15, -0.1) is 0 Å². The highest BCUT2D eigenvalue weighted by Gasteiger charge is 2.09. The number of rotatable bonds is 5. The smallest absolute Gasteiger partial charge is 0.251 e. The molecule has 5 nitrogen and oxygen atoms in total. The Kier molecular flexibility index (Phi) is 5.14. The van der Waals surface area contributed by atoms with Crippen molar-refractivity contribution in [2.75, 3.05) is 5.43 Å². The number of nitrogens with one attached hydrogen (secondary N) is 2. The first-order valence-corrected chi connectivity index (χ1v) is 7.00. The predicted octanol–water partition coefficient (Wildman–Crippen LogP) is 2.51. The molecule has 21 heavy (non-hydrogen) atoms. The molecular formula is C15H17ClN4O. The minimum atomic E-state index is -0.168. The standard InChI is InChI=1S/C15H17ClN4O/c1-2-13-7-11(8-14(19-13)20-17)15(21)18-9-10-3-5-12(16)6-4-10/h3-8H,2,9,17H2,1H3,(H,18,21)(H,19,20). The SMILES string of the molecule is CCc1cc(C(=O)NCc2ccc(Cl)cc2)cc(NN)n1. The Balaban J connectivity index is 2.07. The molecule has 6 heteroatoms. The summed E-state index contributed by atoms with van der Waals surface area (Å²) in [6, 6.07) is 10.7. The first-order chi connectivity index (χ1) is 10.1. The molecule has 1 aromatic heterocycles. The van der Waals surface area contributed by atoms with E-state index in [1.54, 1.807) is 24.3 Å². The lowest BCUT2D eigenvalue weighted by atomic mass is 10.1. The van der Waals surface area contributed by atoms with Crippen LogP contribution in [0.5, 0.6) is 0 Å². The van der Waals surface area contributed by atoms with Gasteiger partial charge in [-0.2, -0.15) is 0 Å². The summed E-state index contributed by atoms with van der Waals surface area (Å²) in [6.07, 6.45) is 0.729. The van der Waals surface area contributed by atoms with Gasteiger partial charge in [-0.05, 0) is 36.2 Å². The molecule has 0 aliphatic heterocycles. The molecule has 0 saturated carbocycles. The molecule has 0 bridgehead atoms. The maximum atomic E-state index is 12.2. The highest BCUT2D eigenvalue weighted by Crippen LogP contribution is 2.12. The largest absolute Gasteiger partial charge is 0.348 e. The quantitative estimate of drug-likeness (QED) is 0.586. The fourth-order valence-corrected chi connectivity index (χ4v) is 1.99. The minimum Gasteiger partial charge on any atom is -0.348 e. The molecule has 0 saturated heterocycles.